The summed E-state index contributed by atoms with van der Waals surface area (Å²) in [6.45, 7) is 0.248. The summed E-state index contributed by atoms with van der Waals surface area (Å²) in [6, 6.07) is 5.00. The molecule has 0 bridgehead atoms. The van der Waals surface area contributed by atoms with Crippen molar-refractivity contribution in [1.82, 2.24) is 0 Å². The Morgan fingerprint density at radius 1 is 1.38 bits per heavy atom. The smallest absolute Gasteiger partial charge is 0.102 e. The second-order valence-corrected chi connectivity index (χ2v) is 3.46. The van der Waals surface area contributed by atoms with Gasteiger partial charge >= 0.3 is 0 Å². The summed E-state index contributed by atoms with van der Waals surface area (Å²) in [7, 11) is 1.53. The first-order valence-electron chi connectivity index (χ1n) is 3.77. The molecule has 4 heteroatoms. The molecule has 1 aromatic rings. The highest BCUT2D eigenvalue weighted by Crippen LogP contribution is 2.25. The summed E-state index contributed by atoms with van der Waals surface area (Å²) in [6.07, 6.45) is -0.653. The SMILES string of the molecule is COCC(O)c1ccc(Cl)c(Cl)c1. The normalized spacial score (nSPS) is 12.9. The number of benzene rings is 1. The molecule has 0 saturated carbocycles. The van der Waals surface area contributed by atoms with Gasteiger partial charge in [0.2, 0.25) is 0 Å². The molecule has 0 heterocycles. The molecule has 1 atom stereocenters. The predicted molar refractivity (Wildman–Crippen MR) is 53.3 cm³/mol. The van der Waals surface area contributed by atoms with Crippen LogP contribution < -0.4 is 0 Å². The van der Waals surface area contributed by atoms with Crippen LogP contribution in [0.3, 0.4) is 0 Å². The highest BCUT2D eigenvalue weighted by atomic mass is 35.5. The fourth-order valence-corrected chi connectivity index (χ4v) is 1.28. The number of rotatable bonds is 3. The van der Waals surface area contributed by atoms with Crippen molar-refractivity contribution in [2.45, 2.75) is 6.10 Å². The number of halogens is 2. The first kappa shape index (κ1) is 10.8. The Bertz CT molecular complexity index is 289. The van der Waals surface area contributed by atoms with Crippen molar-refractivity contribution in [3.8, 4) is 0 Å². The van der Waals surface area contributed by atoms with E-state index in [0.29, 0.717) is 15.6 Å². The van der Waals surface area contributed by atoms with Crippen molar-refractivity contribution in [2.75, 3.05) is 13.7 Å². The molecule has 13 heavy (non-hydrogen) atoms. The third kappa shape index (κ3) is 2.85. The van der Waals surface area contributed by atoms with Crippen LogP contribution >= 0.6 is 23.2 Å². The van der Waals surface area contributed by atoms with Gasteiger partial charge in [-0.25, -0.2) is 0 Å². The van der Waals surface area contributed by atoms with E-state index in [1.165, 1.54) is 7.11 Å². The van der Waals surface area contributed by atoms with Crippen molar-refractivity contribution < 1.29 is 9.84 Å². The minimum atomic E-state index is -0.653. The Morgan fingerprint density at radius 2 is 2.08 bits per heavy atom. The Hall–Kier alpha value is -0.280. The van der Waals surface area contributed by atoms with Gasteiger partial charge < -0.3 is 9.84 Å². The third-order valence-corrected chi connectivity index (χ3v) is 2.39. The minimum Gasteiger partial charge on any atom is -0.386 e. The van der Waals surface area contributed by atoms with Crippen LogP contribution in [-0.4, -0.2) is 18.8 Å². The van der Waals surface area contributed by atoms with E-state index in [2.05, 4.69) is 0 Å². The molecule has 0 radical (unpaired) electrons. The van der Waals surface area contributed by atoms with E-state index in [1.54, 1.807) is 18.2 Å². The van der Waals surface area contributed by atoms with Crippen LogP contribution in [0, 0.1) is 0 Å². The van der Waals surface area contributed by atoms with E-state index >= 15 is 0 Å². The average Bonchev–Trinajstić information content (AvgIpc) is 2.10. The lowest BCUT2D eigenvalue weighted by Crippen LogP contribution is -2.04. The molecular formula is C9H10Cl2O2. The van der Waals surface area contributed by atoms with E-state index in [-0.39, 0.29) is 6.61 Å². The van der Waals surface area contributed by atoms with Gasteiger partial charge in [0.15, 0.2) is 0 Å². The van der Waals surface area contributed by atoms with Crippen molar-refractivity contribution in [3.05, 3.63) is 33.8 Å². The topological polar surface area (TPSA) is 29.5 Å². The summed E-state index contributed by atoms with van der Waals surface area (Å²) < 4.78 is 4.80. The molecule has 0 aliphatic heterocycles. The molecule has 0 aromatic heterocycles. The lowest BCUT2D eigenvalue weighted by molar-refractivity contribution is 0.0644. The Balaban J connectivity index is 2.84. The van der Waals surface area contributed by atoms with Crippen LogP contribution in [0.5, 0.6) is 0 Å². The van der Waals surface area contributed by atoms with Gasteiger partial charge in [0.05, 0.1) is 16.7 Å². The molecule has 0 aliphatic carbocycles. The standard InChI is InChI=1S/C9H10Cl2O2/c1-13-5-9(12)6-2-3-7(10)8(11)4-6/h2-4,9,12H,5H2,1H3. The lowest BCUT2D eigenvalue weighted by atomic mass is 10.1. The lowest BCUT2D eigenvalue weighted by Gasteiger charge is -2.10. The number of aliphatic hydroxyl groups excluding tert-OH is 1. The zero-order valence-electron chi connectivity index (χ0n) is 7.13. The predicted octanol–water partition coefficient (Wildman–Crippen LogP) is 2.67. The van der Waals surface area contributed by atoms with Crippen molar-refractivity contribution in [3.63, 3.8) is 0 Å². The maximum Gasteiger partial charge on any atom is 0.102 e. The Morgan fingerprint density at radius 3 is 2.62 bits per heavy atom. The van der Waals surface area contributed by atoms with Gasteiger partial charge in [0, 0.05) is 7.11 Å². The minimum absolute atomic E-state index is 0.248. The summed E-state index contributed by atoms with van der Waals surface area (Å²) >= 11 is 11.5. The van der Waals surface area contributed by atoms with E-state index in [4.69, 9.17) is 27.9 Å². The molecule has 1 rings (SSSR count). The monoisotopic (exact) mass is 220 g/mol. The van der Waals surface area contributed by atoms with Gasteiger partial charge in [-0.3, -0.25) is 0 Å². The molecule has 2 nitrogen and oxygen atoms in total. The second kappa shape index (κ2) is 4.82. The number of hydrogen-bond donors (Lipinski definition) is 1. The molecular weight excluding hydrogens is 211 g/mol. The van der Waals surface area contributed by atoms with Gasteiger partial charge in [0.1, 0.15) is 6.10 Å². The second-order valence-electron chi connectivity index (χ2n) is 2.64. The van der Waals surface area contributed by atoms with Crippen LogP contribution in [0.1, 0.15) is 11.7 Å². The van der Waals surface area contributed by atoms with Gasteiger partial charge in [0.25, 0.3) is 0 Å². The molecule has 0 fully saturated rings. The summed E-state index contributed by atoms with van der Waals surface area (Å²) in [5.74, 6) is 0. The van der Waals surface area contributed by atoms with Crippen LogP contribution in [0.25, 0.3) is 0 Å². The first-order valence-corrected chi connectivity index (χ1v) is 4.52. The van der Waals surface area contributed by atoms with Gasteiger partial charge in [-0.1, -0.05) is 29.3 Å². The Kier molecular flexibility index (Phi) is 4.00. The number of methoxy groups -OCH3 is 1. The first-order chi connectivity index (χ1) is 6.15. The van der Waals surface area contributed by atoms with Gasteiger partial charge in [-0.2, -0.15) is 0 Å². The van der Waals surface area contributed by atoms with E-state index in [0.717, 1.165) is 0 Å². The zero-order chi connectivity index (χ0) is 9.84. The highest BCUT2D eigenvalue weighted by Gasteiger charge is 2.08. The summed E-state index contributed by atoms with van der Waals surface area (Å²) in [4.78, 5) is 0. The molecule has 1 aromatic carbocycles. The van der Waals surface area contributed by atoms with Crippen LogP contribution in [-0.2, 0) is 4.74 Å². The third-order valence-electron chi connectivity index (χ3n) is 1.65. The summed E-state index contributed by atoms with van der Waals surface area (Å²) in [5, 5.41) is 10.4. The van der Waals surface area contributed by atoms with Gasteiger partial charge in [-0.15, -0.1) is 0 Å². The van der Waals surface area contributed by atoms with Crippen molar-refractivity contribution in [1.29, 1.82) is 0 Å². The largest absolute Gasteiger partial charge is 0.386 e. The van der Waals surface area contributed by atoms with Gasteiger partial charge in [-0.05, 0) is 17.7 Å². The number of aliphatic hydroxyl groups is 1. The van der Waals surface area contributed by atoms with Crippen LogP contribution in [0.15, 0.2) is 18.2 Å². The molecule has 0 aliphatic rings. The molecule has 1 unspecified atom stereocenters. The molecule has 1 N–H and O–H groups in total. The fraction of sp³-hybridized carbons (Fsp3) is 0.333. The Labute approximate surface area is 87.0 Å². The van der Waals surface area contributed by atoms with Crippen LogP contribution in [0.2, 0.25) is 10.0 Å². The molecule has 0 saturated heterocycles. The molecule has 72 valence electrons. The number of hydrogen-bond acceptors (Lipinski definition) is 2. The van der Waals surface area contributed by atoms with E-state index in [9.17, 15) is 5.11 Å². The van der Waals surface area contributed by atoms with Crippen molar-refractivity contribution in [2.24, 2.45) is 0 Å². The average molecular weight is 221 g/mol. The van der Waals surface area contributed by atoms with E-state index < -0.39 is 6.10 Å². The van der Waals surface area contributed by atoms with Crippen molar-refractivity contribution >= 4 is 23.2 Å². The van der Waals surface area contributed by atoms with E-state index in [1.807, 2.05) is 0 Å². The molecule has 0 amide bonds. The quantitative estimate of drug-likeness (QED) is 0.850. The molecule has 0 spiro atoms. The zero-order valence-corrected chi connectivity index (χ0v) is 8.64. The summed E-state index contributed by atoms with van der Waals surface area (Å²) in [5.41, 5.74) is 0.705. The highest BCUT2D eigenvalue weighted by molar-refractivity contribution is 6.42. The fourth-order valence-electron chi connectivity index (χ4n) is 0.974. The maximum absolute atomic E-state index is 9.51. The maximum atomic E-state index is 9.51. The number of ether oxygens (including phenoxy) is 1. The van der Waals surface area contributed by atoms with Crippen LogP contribution in [0.4, 0.5) is 0 Å².